The lowest BCUT2D eigenvalue weighted by molar-refractivity contribution is 0.893. The third kappa shape index (κ3) is 11.0. The monoisotopic (exact) mass is 1380 g/mol. The van der Waals surface area contributed by atoms with Crippen LogP contribution in [-0.2, 0) is 0 Å². The van der Waals surface area contributed by atoms with E-state index in [4.69, 9.17) is 15.0 Å². The van der Waals surface area contributed by atoms with Crippen LogP contribution in [0.5, 0.6) is 0 Å². The first-order valence-electron chi connectivity index (χ1n) is 36.3. The van der Waals surface area contributed by atoms with Crippen molar-refractivity contribution in [2.45, 2.75) is 0 Å². The Morgan fingerprint density at radius 1 is 0.160 bits per heavy atom. The minimum absolute atomic E-state index is 0.507. The van der Waals surface area contributed by atoms with Crippen molar-refractivity contribution < 1.29 is 0 Å². The summed E-state index contributed by atoms with van der Waals surface area (Å²) in [5.74, 6) is 1.56. The number of nitrogens with zero attached hydrogens (tertiary/aromatic N) is 5. The van der Waals surface area contributed by atoms with Crippen LogP contribution >= 0.6 is 0 Å². The second-order valence-electron chi connectivity index (χ2n) is 27.4. The van der Waals surface area contributed by atoms with E-state index in [1.807, 2.05) is 0 Å². The number of benzene rings is 16. The van der Waals surface area contributed by atoms with E-state index < -0.39 is 16.1 Å². The molecule has 498 valence electrons. The van der Waals surface area contributed by atoms with Crippen molar-refractivity contribution in [3.63, 3.8) is 0 Å². The third-order valence-electron chi connectivity index (χ3n) is 21.5. The van der Waals surface area contributed by atoms with E-state index in [-0.39, 0.29) is 0 Å². The summed E-state index contributed by atoms with van der Waals surface area (Å²) in [4.78, 5) is 17.8. The van der Waals surface area contributed by atoms with Gasteiger partial charge in [-0.1, -0.05) is 376 Å². The predicted molar refractivity (Wildman–Crippen MR) is 448 cm³/mol. The van der Waals surface area contributed by atoms with Gasteiger partial charge in [0.05, 0.1) is 22.1 Å². The van der Waals surface area contributed by atoms with Crippen molar-refractivity contribution in [3.05, 3.63) is 419 Å². The number of fused-ring (bicyclic) bond motifs is 6. The molecule has 0 saturated heterocycles. The first-order chi connectivity index (χ1) is 52.5. The van der Waals surface area contributed by atoms with E-state index in [2.05, 4.69) is 428 Å². The summed E-state index contributed by atoms with van der Waals surface area (Å²) in [5, 5.41) is 14.3. The number of rotatable bonds is 16. The van der Waals surface area contributed by atoms with Crippen molar-refractivity contribution in [3.8, 4) is 78.9 Å². The van der Waals surface area contributed by atoms with E-state index in [0.717, 1.165) is 82.6 Å². The van der Waals surface area contributed by atoms with E-state index >= 15 is 0 Å². The number of hydrogen-bond donors (Lipinski definition) is 0. The van der Waals surface area contributed by atoms with E-state index in [0.29, 0.717) is 17.7 Å². The summed E-state index contributed by atoms with van der Waals surface area (Å²) in [6.45, 7) is 0. The van der Waals surface area contributed by atoms with Gasteiger partial charge in [0.1, 0.15) is 0 Å². The van der Waals surface area contributed by atoms with E-state index in [1.54, 1.807) is 0 Å². The molecule has 0 unspecified atom stereocenters. The predicted octanol–water partition coefficient (Wildman–Crippen LogP) is 18.8. The van der Waals surface area contributed by atoms with Crippen molar-refractivity contribution in [2.24, 2.45) is 0 Å². The molecule has 0 aliphatic carbocycles. The SMILES string of the molecule is c1ccc(-c2cccc(-c3cccc([Si](c4ccccc4)(c4ccccc4)c4cc(-c5nc(-n6c7ccccc7c7ccccc76)nc(-n6c7ccccc7c7cc(-c8ccccc8)ccc76)n5)cc([Si](c5ccccc5)(c5ccccc5)c5cccc(-c6cccc(-c7ccccc7)c6)c5)c4)c3)c2)cc1. The van der Waals surface area contributed by atoms with Crippen molar-refractivity contribution in [1.82, 2.24) is 24.1 Å². The van der Waals surface area contributed by atoms with Gasteiger partial charge in [0, 0.05) is 27.1 Å². The van der Waals surface area contributed by atoms with Gasteiger partial charge in [0.15, 0.2) is 22.0 Å². The molecule has 0 N–H and O–H groups in total. The Hall–Kier alpha value is -13.4. The number of hydrogen-bond acceptors (Lipinski definition) is 3. The molecule has 0 spiro atoms. The third-order valence-corrected chi connectivity index (χ3v) is 30.9. The summed E-state index contributed by atoms with van der Waals surface area (Å²) in [6, 6.07) is 155. The number of para-hydroxylation sites is 3. The zero-order valence-electron chi connectivity index (χ0n) is 58.1. The van der Waals surface area contributed by atoms with Crippen LogP contribution in [0.1, 0.15) is 0 Å². The molecule has 0 aliphatic heterocycles. The van der Waals surface area contributed by atoms with Crippen LogP contribution < -0.4 is 41.5 Å². The Balaban J connectivity index is 0.957. The van der Waals surface area contributed by atoms with Crippen molar-refractivity contribution >= 4 is 101 Å². The van der Waals surface area contributed by atoms with Gasteiger partial charge in [0.25, 0.3) is 0 Å². The molecular formula is C99H69N5Si2. The van der Waals surface area contributed by atoms with Gasteiger partial charge in [-0.3, -0.25) is 9.13 Å². The van der Waals surface area contributed by atoms with Crippen molar-refractivity contribution in [1.29, 1.82) is 0 Å². The quantitative estimate of drug-likeness (QED) is 0.0715. The average Bonchev–Trinajstić information content (AvgIpc) is 0.892. The molecule has 0 amide bonds. The molecule has 19 aromatic rings. The highest BCUT2D eigenvalue weighted by molar-refractivity contribution is 7.22. The molecule has 19 rings (SSSR count). The van der Waals surface area contributed by atoms with E-state index in [1.165, 1.54) is 63.7 Å². The topological polar surface area (TPSA) is 48.5 Å². The molecule has 106 heavy (non-hydrogen) atoms. The molecule has 7 heteroatoms. The molecule has 0 atom stereocenters. The molecule has 0 fully saturated rings. The van der Waals surface area contributed by atoms with Crippen LogP contribution in [-0.4, -0.2) is 40.2 Å². The second kappa shape index (κ2) is 27.1. The summed E-state index contributed by atoms with van der Waals surface area (Å²) in [7, 11) is -7.18. The lowest BCUT2D eigenvalue weighted by Gasteiger charge is -2.38. The fourth-order valence-corrected chi connectivity index (χ4v) is 26.5. The highest BCUT2D eigenvalue weighted by atomic mass is 28.3. The molecule has 0 aliphatic rings. The lowest BCUT2D eigenvalue weighted by Crippen LogP contribution is -2.78. The summed E-state index contributed by atoms with van der Waals surface area (Å²) in [6.07, 6.45) is 0. The average molecular weight is 1380 g/mol. The second-order valence-corrected chi connectivity index (χ2v) is 35.0. The summed E-state index contributed by atoms with van der Waals surface area (Å²) < 4.78 is 4.52. The van der Waals surface area contributed by atoms with Crippen LogP contribution in [0.15, 0.2) is 419 Å². The first-order valence-corrected chi connectivity index (χ1v) is 40.3. The molecule has 0 radical (unpaired) electrons. The van der Waals surface area contributed by atoms with Gasteiger partial charge in [-0.2, -0.15) is 15.0 Å². The molecule has 0 saturated carbocycles. The maximum atomic E-state index is 6.01. The molecular weight excluding hydrogens is 1320 g/mol. The summed E-state index contributed by atoms with van der Waals surface area (Å²) in [5.41, 5.74) is 16.4. The standard InChI is InChI=1S/C99H69N5Si2/c1-8-32-70(33-9-1)73-38-28-40-75(62-73)77-42-30-52-85(64-77)105(81-44-14-4-15-45-81,82-46-16-5-17-47-82)87-66-80(67-88(69-87)106(83-48-18-6-19-49-83,84-50-20-7-21-51-84)86-53-31-43-78(65-86)76-41-29-39-74(63-76)71-34-10-2-11-35-71)97-100-98(103-93-57-25-22-54-89(93)90-55-23-26-58-94(90)103)102-99(101-97)104-95-59-27-24-56-91(95)92-68-79(60-61-96(92)104)72-36-12-3-13-37-72/h1-69H. The molecule has 3 heterocycles. The minimum Gasteiger partial charge on any atom is -0.278 e. The van der Waals surface area contributed by atoms with E-state index in [9.17, 15) is 0 Å². The molecule has 3 aromatic heterocycles. The highest BCUT2D eigenvalue weighted by Crippen LogP contribution is 2.38. The van der Waals surface area contributed by atoms with Gasteiger partial charge < -0.3 is 0 Å². The zero-order valence-corrected chi connectivity index (χ0v) is 60.1. The first kappa shape index (κ1) is 63.5. The smallest absolute Gasteiger partial charge is 0.240 e. The van der Waals surface area contributed by atoms with Gasteiger partial charge in [-0.25, -0.2) is 0 Å². The zero-order chi connectivity index (χ0) is 70.4. The van der Waals surface area contributed by atoms with Crippen LogP contribution in [0.2, 0.25) is 0 Å². The van der Waals surface area contributed by atoms with Gasteiger partial charge in [0.2, 0.25) is 11.9 Å². The normalized spacial score (nSPS) is 11.8. The summed E-state index contributed by atoms with van der Waals surface area (Å²) >= 11 is 0. The minimum atomic E-state index is -3.59. The highest BCUT2D eigenvalue weighted by Gasteiger charge is 2.47. The fraction of sp³-hybridized carbons (Fsp3) is 0. The molecule has 0 bridgehead atoms. The molecule has 5 nitrogen and oxygen atoms in total. The Labute approximate surface area is 618 Å². The van der Waals surface area contributed by atoms with Crippen LogP contribution in [0.4, 0.5) is 0 Å². The van der Waals surface area contributed by atoms with Crippen LogP contribution in [0, 0.1) is 0 Å². The maximum absolute atomic E-state index is 6.01. The van der Waals surface area contributed by atoms with Crippen LogP contribution in [0.25, 0.3) is 123 Å². The Kier molecular flexibility index (Phi) is 16.2. The number of aromatic nitrogens is 5. The van der Waals surface area contributed by atoms with Gasteiger partial charge in [-0.05, 0) is 140 Å². The van der Waals surface area contributed by atoms with Crippen LogP contribution in [0.3, 0.4) is 0 Å². The Morgan fingerprint density at radius 2 is 0.425 bits per heavy atom. The Bertz CT molecular complexity index is 6080. The maximum Gasteiger partial charge on any atom is 0.240 e. The van der Waals surface area contributed by atoms with Gasteiger partial charge >= 0.3 is 0 Å². The molecule has 16 aromatic carbocycles. The van der Waals surface area contributed by atoms with Gasteiger partial charge in [-0.15, -0.1) is 0 Å². The Morgan fingerprint density at radius 3 is 0.802 bits per heavy atom. The lowest BCUT2D eigenvalue weighted by atomic mass is 9.99. The fourth-order valence-electron chi connectivity index (χ4n) is 16.6. The van der Waals surface area contributed by atoms with Crippen molar-refractivity contribution in [2.75, 3.05) is 0 Å². The largest absolute Gasteiger partial charge is 0.278 e.